The van der Waals surface area contributed by atoms with Crippen molar-refractivity contribution < 1.29 is 29.6 Å². The van der Waals surface area contributed by atoms with E-state index in [1.807, 2.05) is 0 Å². The number of β-amino-alcohol motifs (C(OH)–C–C–N with tert-alkyl or cyclic N) is 1. The van der Waals surface area contributed by atoms with Crippen LogP contribution in [0.5, 0.6) is 0 Å². The van der Waals surface area contributed by atoms with Gasteiger partial charge in [0.2, 0.25) is 0 Å². The number of aliphatic hydroxyl groups excluding tert-OH is 1. The summed E-state index contributed by atoms with van der Waals surface area (Å²) < 4.78 is 4.85. The molecule has 3 atom stereocenters. The molecule has 2 unspecified atom stereocenters. The average molecular weight is 233 g/mol. The number of piperidine rings is 1. The Hall–Kier alpha value is -1.34. The van der Waals surface area contributed by atoms with Crippen LogP contribution in [-0.2, 0) is 9.53 Å². The van der Waals surface area contributed by atoms with Gasteiger partial charge in [-0.2, -0.15) is 0 Å². The summed E-state index contributed by atoms with van der Waals surface area (Å²) in [4.78, 5) is 22.7. The first kappa shape index (κ1) is 12.7. The molecule has 1 rings (SSSR count). The van der Waals surface area contributed by atoms with E-state index in [1.165, 1.54) is 7.11 Å². The highest BCUT2D eigenvalue weighted by Gasteiger charge is 2.40. The van der Waals surface area contributed by atoms with Crippen molar-refractivity contribution in [2.75, 3.05) is 20.3 Å². The van der Waals surface area contributed by atoms with E-state index in [9.17, 15) is 14.7 Å². The molecule has 0 aromatic rings. The minimum atomic E-state index is -1.18. The van der Waals surface area contributed by atoms with E-state index < -0.39 is 30.1 Å². The Morgan fingerprint density at radius 2 is 2.06 bits per heavy atom. The molecule has 0 saturated carbocycles. The molecular weight excluding hydrogens is 218 g/mol. The predicted octanol–water partition coefficient (Wildman–Crippen LogP) is -0.553. The van der Waals surface area contributed by atoms with E-state index in [4.69, 9.17) is 14.9 Å². The Kier molecular flexibility index (Phi) is 4.08. The monoisotopic (exact) mass is 233 g/mol. The third-order valence-electron chi connectivity index (χ3n) is 2.74. The van der Waals surface area contributed by atoms with Gasteiger partial charge in [-0.25, -0.2) is 4.79 Å². The molecular formula is C9H15NO6. The van der Waals surface area contributed by atoms with Crippen LogP contribution in [0.25, 0.3) is 0 Å². The Labute approximate surface area is 92.2 Å². The smallest absolute Gasteiger partial charge is 0.407 e. The topological polar surface area (TPSA) is 107 Å². The number of aliphatic hydroxyl groups is 1. The maximum absolute atomic E-state index is 10.9. The van der Waals surface area contributed by atoms with Crippen molar-refractivity contribution in [3.8, 4) is 0 Å². The van der Waals surface area contributed by atoms with Gasteiger partial charge in [0.05, 0.1) is 31.2 Å². The zero-order valence-corrected chi connectivity index (χ0v) is 8.87. The second kappa shape index (κ2) is 5.13. The molecule has 0 aliphatic carbocycles. The first-order valence-electron chi connectivity index (χ1n) is 4.86. The average Bonchev–Trinajstić information content (AvgIpc) is 2.19. The summed E-state index contributed by atoms with van der Waals surface area (Å²) in [6.07, 6.45) is -2.27. The normalized spacial score (nSPS) is 30.1. The number of hydrogen-bond donors (Lipinski definition) is 3. The molecule has 1 aliphatic heterocycles. The van der Waals surface area contributed by atoms with Gasteiger partial charge < -0.3 is 25.0 Å². The Morgan fingerprint density at radius 3 is 2.50 bits per heavy atom. The molecule has 1 aliphatic rings. The van der Waals surface area contributed by atoms with Gasteiger partial charge >= 0.3 is 12.1 Å². The number of aliphatic carboxylic acids is 1. The summed E-state index contributed by atoms with van der Waals surface area (Å²) in [5, 5.41) is 27.3. The van der Waals surface area contributed by atoms with Gasteiger partial charge in [-0.3, -0.25) is 4.79 Å². The zero-order chi connectivity index (χ0) is 12.3. The number of ether oxygens (including phenoxy) is 1. The lowest BCUT2D eigenvalue weighted by Gasteiger charge is -2.38. The van der Waals surface area contributed by atoms with Crippen LogP contribution in [-0.4, -0.2) is 64.7 Å². The quantitative estimate of drug-likeness (QED) is 0.603. The molecule has 1 fully saturated rings. The van der Waals surface area contributed by atoms with Crippen LogP contribution in [0, 0.1) is 5.92 Å². The Bertz CT molecular complexity index is 281. The van der Waals surface area contributed by atoms with Crippen molar-refractivity contribution in [1.82, 2.24) is 4.90 Å². The number of nitrogens with zero attached hydrogens (tertiary/aromatic N) is 1. The number of carboxylic acids is 1. The van der Waals surface area contributed by atoms with Crippen LogP contribution in [0.4, 0.5) is 4.79 Å². The summed E-state index contributed by atoms with van der Waals surface area (Å²) in [6, 6.07) is -0.521. The minimum Gasteiger partial charge on any atom is -0.481 e. The summed E-state index contributed by atoms with van der Waals surface area (Å²) >= 11 is 0. The van der Waals surface area contributed by atoms with Gasteiger partial charge in [0.15, 0.2) is 0 Å². The van der Waals surface area contributed by atoms with E-state index in [0.29, 0.717) is 0 Å². The second-order valence-corrected chi connectivity index (χ2v) is 3.79. The molecule has 7 heteroatoms. The number of carboxylic acid groups (broad SMARTS) is 2. The third-order valence-corrected chi connectivity index (χ3v) is 2.74. The van der Waals surface area contributed by atoms with Gasteiger partial charge in [0.25, 0.3) is 0 Å². The van der Waals surface area contributed by atoms with Gasteiger partial charge in [-0.1, -0.05) is 0 Å². The predicted molar refractivity (Wildman–Crippen MR) is 52.1 cm³/mol. The SMILES string of the molecule is COC[C@@H]1CC(C(=O)O)C(O)CN1C(=O)O. The fourth-order valence-electron chi connectivity index (χ4n) is 1.91. The molecule has 92 valence electrons. The van der Waals surface area contributed by atoms with Gasteiger partial charge in [0.1, 0.15) is 0 Å². The van der Waals surface area contributed by atoms with Crippen molar-refractivity contribution in [1.29, 1.82) is 0 Å². The van der Waals surface area contributed by atoms with Crippen molar-refractivity contribution in [2.24, 2.45) is 5.92 Å². The van der Waals surface area contributed by atoms with Crippen molar-refractivity contribution >= 4 is 12.1 Å². The van der Waals surface area contributed by atoms with Crippen LogP contribution in [0.2, 0.25) is 0 Å². The Balaban J connectivity index is 2.77. The minimum absolute atomic E-state index is 0.0661. The zero-order valence-electron chi connectivity index (χ0n) is 8.87. The highest BCUT2D eigenvalue weighted by atomic mass is 16.5. The van der Waals surface area contributed by atoms with Gasteiger partial charge in [-0.05, 0) is 6.42 Å². The maximum Gasteiger partial charge on any atom is 0.407 e. The maximum atomic E-state index is 10.9. The Morgan fingerprint density at radius 1 is 1.44 bits per heavy atom. The summed E-state index contributed by atoms with van der Waals surface area (Å²) in [5.41, 5.74) is 0. The molecule has 7 nitrogen and oxygen atoms in total. The summed E-state index contributed by atoms with van der Waals surface area (Å²) in [6.45, 7) is -0.0663. The van der Waals surface area contributed by atoms with Crippen LogP contribution in [0.15, 0.2) is 0 Å². The van der Waals surface area contributed by atoms with Crippen LogP contribution < -0.4 is 0 Å². The molecule has 3 N–H and O–H groups in total. The van der Waals surface area contributed by atoms with Crippen molar-refractivity contribution in [3.63, 3.8) is 0 Å². The molecule has 0 radical (unpaired) electrons. The number of methoxy groups -OCH3 is 1. The van der Waals surface area contributed by atoms with Crippen LogP contribution in [0.3, 0.4) is 0 Å². The third kappa shape index (κ3) is 2.61. The largest absolute Gasteiger partial charge is 0.481 e. The molecule has 0 spiro atoms. The summed E-state index contributed by atoms with van der Waals surface area (Å²) in [7, 11) is 1.42. The fourth-order valence-corrected chi connectivity index (χ4v) is 1.91. The first-order chi connectivity index (χ1) is 7.47. The van der Waals surface area contributed by atoms with Crippen molar-refractivity contribution in [3.05, 3.63) is 0 Å². The van der Waals surface area contributed by atoms with E-state index in [2.05, 4.69) is 0 Å². The lowest BCUT2D eigenvalue weighted by atomic mass is 9.89. The van der Waals surface area contributed by atoms with E-state index in [1.54, 1.807) is 0 Å². The van der Waals surface area contributed by atoms with Crippen molar-refractivity contribution in [2.45, 2.75) is 18.6 Å². The highest BCUT2D eigenvalue weighted by molar-refractivity contribution is 5.72. The number of hydrogen-bond acceptors (Lipinski definition) is 4. The van der Waals surface area contributed by atoms with E-state index in [0.717, 1.165) is 4.90 Å². The second-order valence-electron chi connectivity index (χ2n) is 3.79. The first-order valence-corrected chi connectivity index (χ1v) is 4.86. The fraction of sp³-hybridized carbons (Fsp3) is 0.778. The lowest BCUT2D eigenvalue weighted by Crippen LogP contribution is -2.55. The molecule has 0 aromatic carbocycles. The van der Waals surface area contributed by atoms with Crippen LogP contribution >= 0.6 is 0 Å². The molecule has 1 amide bonds. The molecule has 16 heavy (non-hydrogen) atoms. The summed E-state index contributed by atoms with van der Waals surface area (Å²) in [5.74, 6) is -2.05. The number of rotatable bonds is 3. The van der Waals surface area contributed by atoms with Crippen LogP contribution in [0.1, 0.15) is 6.42 Å². The van der Waals surface area contributed by atoms with E-state index >= 15 is 0 Å². The lowest BCUT2D eigenvalue weighted by molar-refractivity contribution is -0.150. The van der Waals surface area contributed by atoms with Gasteiger partial charge in [0, 0.05) is 7.11 Å². The molecule has 1 saturated heterocycles. The molecule has 0 bridgehead atoms. The number of carbonyl (C=O) groups is 2. The standard InChI is InChI=1S/C9H15NO6/c1-16-4-5-2-6(8(12)13)7(11)3-10(5)9(14)15/h5-7,11H,2-4H2,1H3,(H,12,13)(H,14,15)/t5-,6?,7?/m0/s1. The molecule has 1 heterocycles. The van der Waals surface area contributed by atoms with E-state index in [-0.39, 0.29) is 19.6 Å². The van der Waals surface area contributed by atoms with Gasteiger partial charge in [-0.15, -0.1) is 0 Å². The number of amides is 1. The number of likely N-dealkylation sites (tertiary alicyclic amines) is 1. The molecule has 0 aromatic heterocycles. The highest BCUT2D eigenvalue weighted by Crippen LogP contribution is 2.24.